The van der Waals surface area contributed by atoms with E-state index in [0.29, 0.717) is 12.8 Å². The molecule has 0 saturated carbocycles. The van der Waals surface area contributed by atoms with Gasteiger partial charge >= 0.3 is 6.18 Å². The minimum absolute atomic E-state index is 0.0841. The van der Waals surface area contributed by atoms with Gasteiger partial charge in [0, 0.05) is 12.6 Å². The Hall–Kier alpha value is -0.820. The summed E-state index contributed by atoms with van der Waals surface area (Å²) in [6.07, 6.45) is -3.07. The van der Waals surface area contributed by atoms with Crippen molar-refractivity contribution in [3.05, 3.63) is 0 Å². The van der Waals surface area contributed by atoms with Crippen molar-refractivity contribution in [2.75, 3.05) is 26.4 Å². The summed E-state index contributed by atoms with van der Waals surface area (Å²) in [7, 11) is 0. The van der Waals surface area contributed by atoms with Gasteiger partial charge in [-0.15, -0.1) is 0 Å². The maximum atomic E-state index is 11.9. The third kappa shape index (κ3) is 6.80. The summed E-state index contributed by atoms with van der Waals surface area (Å²) in [6.45, 7) is 1.59. The monoisotopic (exact) mass is 271 g/mol. The summed E-state index contributed by atoms with van der Waals surface area (Å²) in [5, 5.41) is 8.87. The lowest BCUT2D eigenvalue weighted by Crippen LogP contribution is -2.43. The molecule has 0 atom stereocenters. The summed E-state index contributed by atoms with van der Waals surface area (Å²) >= 11 is 0. The Morgan fingerprint density at radius 3 is 2.28 bits per heavy atom. The molecule has 0 saturated heterocycles. The van der Waals surface area contributed by atoms with Crippen LogP contribution in [-0.2, 0) is 9.53 Å². The van der Waals surface area contributed by atoms with E-state index in [2.05, 4.69) is 4.74 Å². The normalized spacial score (nSPS) is 11.9. The van der Waals surface area contributed by atoms with Crippen LogP contribution in [0.3, 0.4) is 0 Å². The Bertz CT molecular complexity index is 242. The molecule has 1 N–H and O–H groups in total. The molecule has 0 aromatic heterocycles. The minimum Gasteiger partial charge on any atom is -0.395 e. The van der Waals surface area contributed by atoms with Crippen LogP contribution in [0, 0.1) is 0 Å². The Kier molecular flexibility index (Phi) is 7.93. The minimum atomic E-state index is -4.43. The maximum Gasteiger partial charge on any atom is 0.411 e. The first-order valence-electron chi connectivity index (χ1n) is 5.90. The van der Waals surface area contributed by atoms with E-state index in [1.54, 1.807) is 0 Å². The maximum absolute atomic E-state index is 11.9. The van der Waals surface area contributed by atoms with Gasteiger partial charge in [-0.3, -0.25) is 4.79 Å². The summed E-state index contributed by atoms with van der Waals surface area (Å²) in [4.78, 5) is 13.1. The van der Waals surface area contributed by atoms with E-state index in [1.165, 1.54) is 4.90 Å². The van der Waals surface area contributed by atoms with Crippen molar-refractivity contribution in [1.82, 2.24) is 4.90 Å². The molecule has 1 amide bonds. The van der Waals surface area contributed by atoms with Crippen LogP contribution in [0.1, 0.15) is 26.7 Å². The highest BCUT2D eigenvalue weighted by atomic mass is 19.4. The lowest BCUT2D eigenvalue weighted by atomic mass is 10.1. The molecule has 0 aromatic rings. The molecule has 0 bridgehead atoms. The Morgan fingerprint density at radius 1 is 1.33 bits per heavy atom. The molecular formula is C11H20F3NO3. The first-order valence-corrected chi connectivity index (χ1v) is 5.90. The molecule has 4 nitrogen and oxygen atoms in total. The van der Waals surface area contributed by atoms with Crippen molar-refractivity contribution in [3.63, 3.8) is 0 Å². The largest absolute Gasteiger partial charge is 0.411 e. The molecular weight excluding hydrogens is 251 g/mol. The van der Waals surface area contributed by atoms with Gasteiger partial charge in [0.2, 0.25) is 5.91 Å². The van der Waals surface area contributed by atoms with Gasteiger partial charge in [-0.1, -0.05) is 13.8 Å². The van der Waals surface area contributed by atoms with Crippen molar-refractivity contribution in [2.45, 2.75) is 38.9 Å². The number of aliphatic hydroxyl groups is 1. The van der Waals surface area contributed by atoms with E-state index in [9.17, 15) is 18.0 Å². The molecule has 0 aliphatic heterocycles. The van der Waals surface area contributed by atoms with Crippen molar-refractivity contribution in [3.8, 4) is 0 Å². The van der Waals surface area contributed by atoms with Crippen molar-refractivity contribution in [1.29, 1.82) is 0 Å². The molecule has 18 heavy (non-hydrogen) atoms. The molecule has 0 rings (SSSR count). The first-order chi connectivity index (χ1) is 8.35. The molecule has 0 aromatic carbocycles. The van der Waals surface area contributed by atoms with Crippen molar-refractivity contribution >= 4 is 5.91 Å². The van der Waals surface area contributed by atoms with E-state index in [-0.39, 0.29) is 19.2 Å². The Labute approximate surface area is 105 Å². The molecule has 0 unspecified atom stereocenters. The lowest BCUT2D eigenvalue weighted by Gasteiger charge is -2.30. The van der Waals surface area contributed by atoms with Gasteiger partial charge in [-0.2, -0.15) is 13.2 Å². The predicted molar refractivity (Wildman–Crippen MR) is 60.0 cm³/mol. The fourth-order valence-electron chi connectivity index (χ4n) is 1.69. The van der Waals surface area contributed by atoms with Crippen LogP contribution in [0.5, 0.6) is 0 Å². The number of alkyl halides is 3. The van der Waals surface area contributed by atoms with Gasteiger partial charge in [0.25, 0.3) is 0 Å². The second-order valence-electron chi connectivity index (χ2n) is 3.89. The van der Waals surface area contributed by atoms with E-state index in [4.69, 9.17) is 5.11 Å². The van der Waals surface area contributed by atoms with Crippen LogP contribution < -0.4 is 0 Å². The fourth-order valence-corrected chi connectivity index (χ4v) is 1.69. The number of hydrogen-bond donors (Lipinski definition) is 1. The van der Waals surface area contributed by atoms with Gasteiger partial charge in [0.05, 0.1) is 6.61 Å². The van der Waals surface area contributed by atoms with Crippen LogP contribution >= 0.6 is 0 Å². The third-order valence-electron chi connectivity index (χ3n) is 2.54. The van der Waals surface area contributed by atoms with E-state index in [0.717, 1.165) is 0 Å². The standard InChI is InChI=1S/C11H20F3NO3/c1-3-9(4-2)15(5-6-16)10(17)7-18-8-11(12,13)14/h9,16H,3-8H2,1-2H3. The average Bonchev–Trinajstić information content (AvgIpc) is 2.27. The zero-order valence-electron chi connectivity index (χ0n) is 10.7. The van der Waals surface area contributed by atoms with E-state index >= 15 is 0 Å². The summed E-state index contributed by atoms with van der Waals surface area (Å²) in [6, 6.07) is -0.0841. The van der Waals surface area contributed by atoms with E-state index < -0.39 is 25.3 Å². The van der Waals surface area contributed by atoms with Crippen LogP contribution in [0.4, 0.5) is 13.2 Å². The molecule has 0 heterocycles. The predicted octanol–water partition coefficient (Wildman–Crippen LogP) is 1.57. The van der Waals surface area contributed by atoms with Crippen LogP contribution in [0.15, 0.2) is 0 Å². The summed E-state index contributed by atoms with van der Waals surface area (Å²) < 4.78 is 39.9. The number of nitrogens with zero attached hydrogens (tertiary/aromatic N) is 1. The number of aliphatic hydroxyl groups excluding tert-OH is 1. The number of ether oxygens (including phenoxy) is 1. The lowest BCUT2D eigenvalue weighted by molar-refractivity contribution is -0.178. The second-order valence-corrected chi connectivity index (χ2v) is 3.89. The van der Waals surface area contributed by atoms with Gasteiger partial charge < -0.3 is 14.7 Å². The topological polar surface area (TPSA) is 49.8 Å². The number of rotatable bonds is 8. The number of carbonyl (C=O) groups is 1. The van der Waals surface area contributed by atoms with Crippen molar-refractivity contribution < 1.29 is 27.8 Å². The highest BCUT2D eigenvalue weighted by molar-refractivity contribution is 5.77. The third-order valence-corrected chi connectivity index (χ3v) is 2.54. The van der Waals surface area contributed by atoms with E-state index in [1.807, 2.05) is 13.8 Å². The SMILES string of the molecule is CCC(CC)N(CCO)C(=O)COCC(F)(F)F. The number of halogens is 3. The molecule has 7 heteroatoms. The Morgan fingerprint density at radius 2 is 1.89 bits per heavy atom. The molecule has 0 radical (unpaired) electrons. The number of hydrogen-bond acceptors (Lipinski definition) is 3. The molecule has 0 fully saturated rings. The smallest absolute Gasteiger partial charge is 0.395 e. The van der Waals surface area contributed by atoms with Crippen LogP contribution in [0.2, 0.25) is 0 Å². The fraction of sp³-hybridized carbons (Fsp3) is 0.909. The van der Waals surface area contributed by atoms with Gasteiger partial charge in [0.1, 0.15) is 13.2 Å². The highest BCUT2D eigenvalue weighted by Gasteiger charge is 2.28. The molecule has 0 aliphatic carbocycles. The zero-order valence-corrected chi connectivity index (χ0v) is 10.7. The second kappa shape index (κ2) is 8.31. The van der Waals surface area contributed by atoms with Gasteiger partial charge in [-0.25, -0.2) is 0 Å². The molecule has 108 valence electrons. The molecule has 0 spiro atoms. The number of carbonyl (C=O) groups excluding carboxylic acids is 1. The van der Waals surface area contributed by atoms with Crippen LogP contribution in [0.25, 0.3) is 0 Å². The number of amides is 1. The van der Waals surface area contributed by atoms with Crippen molar-refractivity contribution in [2.24, 2.45) is 0 Å². The summed E-state index contributed by atoms with van der Waals surface area (Å²) in [5.74, 6) is -0.526. The first kappa shape index (κ1) is 17.2. The van der Waals surface area contributed by atoms with Gasteiger partial charge in [-0.05, 0) is 12.8 Å². The zero-order chi connectivity index (χ0) is 14.2. The quantitative estimate of drug-likeness (QED) is 0.729. The highest BCUT2D eigenvalue weighted by Crippen LogP contribution is 2.15. The summed E-state index contributed by atoms with van der Waals surface area (Å²) in [5.41, 5.74) is 0. The van der Waals surface area contributed by atoms with Gasteiger partial charge in [0.15, 0.2) is 0 Å². The van der Waals surface area contributed by atoms with Crippen LogP contribution in [-0.4, -0.2) is 54.5 Å². The Balaban J connectivity index is 4.30. The average molecular weight is 271 g/mol. The molecule has 0 aliphatic rings.